The fourth-order valence-electron chi connectivity index (χ4n) is 1.39. The molecule has 0 aliphatic carbocycles. The van der Waals surface area contributed by atoms with Crippen LogP contribution in [0.5, 0.6) is 0 Å². The number of thiazole rings is 1. The molecule has 2 aromatic rings. The highest BCUT2D eigenvalue weighted by Gasteiger charge is 2.16. The second kappa shape index (κ2) is 5.77. The summed E-state index contributed by atoms with van der Waals surface area (Å²) in [4.78, 5) is 25.9. The van der Waals surface area contributed by atoms with Crippen molar-refractivity contribution >= 4 is 34.5 Å². The monoisotopic (exact) mass is 297 g/mol. The normalized spacial score (nSPS) is 10.2. The molecule has 19 heavy (non-hydrogen) atoms. The number of nitrogens with one attached hydrogen (secondary N) is 1. The minimum atomic E-state index is -0.625. The number of nitro benzene ring substituents is 1. The van der Waals surface area contributed by atoms with Crippen LogP contribution >= 0.6 is 22.9 Å². The van der Waals surface area contributed by atoms with Crippen LogP contribution in [-0.2, 0) is 6.54 Å². The highest BCUT2D eigenvalue weighted by Crippen LogP contribution is 2.24. The van der Waals surface area contributed by atoms with Crippen molar-refractivity contribution in [1.29, 1.82) is 0 Å². The lowest BCUT2D eigenvalue weighted by molar-refractivity contribution is -0.384. The van der Waals surface area contributed by atoms with Crippen molar-refractivity contribution in [1.82, 2.24) is 10.3 Å². The lowest BCUT2D eigenvalue weighted by Crippen LogP contribution is -2.22. The summed E-state index contributed by atoms with van der Waals surface area (Å²) in [7, 11) is 0. The molecule has 6 nitrogen and oxygen atoms in total. The van der Waals surface area contributed by atoms with Gasteiger partial charge in [-0.3, -0.25) is 14.9 Å². The number of nitro groups is 1. The van der Waals surface area contributed by atoms with E-state index in [-0.39, 0.29) is 22.8 Å². The van der Waals surface area contributed by atoms with Crippen LogP contribution in [0.15, 0.2) is 29.1 Å². The Hall–Kier alpha value is -1.99. The quantitative estimate of drug-likeness (QED) is 0.694. The van der Waals surface area contributed by atoms with Gasteiger partial charge < -0.3 is 5.32 Å². The van der Waals surface area contributed by atoms with E-state index in [1.807, 2.05) is 5.38 Å². The molecule has 1 N–H and O–H groups in total. The molecule has 0 saturated carbocycles. The van der Waals surface area contributed by atoms with E-state index >= 15 is 0 Å². The van der Waals surface area contributed by atoms with Crippen molar-refractivity contribution in [2.75, 3.05) is 0 Å². The van der Waals surface area contributed by atoms with Gasteiger partial charge in [0, 0.05) is 17.0 Å². The maximum atomic E-state index is 11.8. The van der Waals surface area contributed by atoms with Gasteiger partial charge in [0.1, 0.15) is 5.02 Å². The molecule has 0 atom stereocenters. The van der Waals surface area contributed by atoms with Gasteiger partial charge in [-0.15, -0.1) is 11.3 Å². The average Bonchev–Trinajstić information content (AvgIpc) is 2.89. The zero-order chi connectivity index (χ0) is 13.8. The summed E-state index contributed by atoms with van der Waals surface area (Å²) in [6.07, 6.45) is 0. The smallest absolute Gasteiger partial charge is 0.288 e. The Morgan fingerprint density at radius 2 is 2.32 bits per heavy atom. The number of aromatic nitrogens is 1. The Labute approximate surface area is 117 Å². The van der Waals surface area contributed by atoms with Crippen LogP contribution in [0.25, 0.3) is 0 Å². The fraction of sp³-hybridized carbons (Fsp3) is 0.0909. The minimum Gasteiger partial charge on any atom is -0.346 e. The van der Waals surface area contributed by atoms with Crippen molar-refractivity contribution in [3.8, 4) is 0 Å². The van der Waals surface area contributed by atoms with E-state index in [0.717, 1.165) is 11.8 Å². The van der Waals surface area contributed by atoms with Gasteiger partial charge in [-0.2, -0.15) is 0 Å². The molecule has 0 radical (unpaired) electrons. The SMILES string of the molecule is O=C(NCc1cscn1)c1ccc(Cl)c([N+](=O)[O-])c1. The highest BCUT2D eigenvalue weighted by molar-refractivity contribution is 7.07. The Balaban J connectivity index is 2.11. The molecule has 1 aromatic carbocycles. The number of halogens is 1. The van der Waals surface area contributed by atoms with Crippen molar-refractivity contribution in [3.63, 3.8) is 0 Å². The third-order valence-electron chi connectivity index (χ3n) is 2.32. The van der Waals surface area contributed by atoms with Gasteiger partial charge in [-0.25, -0.2) is 4.98 Å². The van der Waals surface area contributed by atoms with E-state index in [0.29, 0.717) is 0 Å². The average molecular weight is 298 g/mol. The highest BCUT2D eigenvalue weighted by atomic mass is 35.5. The van der Waals surface area contributed by atoms with Gasteiger partial charge in [-0.05, 0) is 12.1 Å². The van der Waals surface area contributed by atoms with Crippen molar-refractivity contribution in [2.24, 2.45) is 0 Å². The van der Waals surface area contributed by atoms with Crippen molar-refractivity contribution < 1.29 is 9.72 Å². The molecule has 1 amide bonds. The Kier molecular flexibility index (Phi) is 4.08. The second-order valence-corrected chi connectivity index (χ2v) is 4.71. The molecule has 0 aliphatic heterocycles. The number of benzene rings is 1. The van der Waals surface area contributed by atoms with Gasteiger partial charge in [0.15, 0.2) is 0 Å². The van der Waals surface area contributed by atoms with Gasteiger partial charge in [0.2, 0.25) is 0 Å². The molecule has 0 spiro atoms. The molecule has 98 valence electrons. The van der Waals surface area contributed by atoms with Crippen LogP contribution in [0.2, 0.25) is 5.02 Å². The molecule has 0 fully saturated rings. The van der Waals surface area contributed by atoms with E-state index in [9.17, 15) is 14.9 Å². The lowest BCUT2D eigenvalue weighted by Gasteiger charge is -2.04. The maximum Gasteiger partial charge on any atom is 0.288 e. The van der Waals surface area contributed by atoms with E-state index in [4.69, 9.17) is 11.6 Å². The summed E-state index contributed by atoms with van der Waals surface area (Å²) in [6, 6.07) is 3.92. The molecule has 0 unspecified atom stereocenters. The van der Waals surface area contributed by atoms with Crippen LogP contribution in [0.1, 0.15) is 16.1 Å². The zero-order valence-corrected chi connectivity index (χ0v) is 11.1. The van der Waals surface area contributed by atoms with E-state index < -0.39 is 10.8 Å². The largest absolute Gasteiger partial charge is 0.346 e. The lowest BCUT2D eigenvalue weighted by atomic mass is 10.2. The minimum absolute atomic E-state index is 0.000973. The third kappa shape index (κ3) is 3.27. The van der Waals surface area contributed by atoms with Crippen LogP contribution < -0.4 is 5.32 Å². The van der Waals surface area contributed by atoms with Gasteiger partial charge in [0.05, 0.1) is 22.7 Å². The topological polar surface area (TPSA) is 85.1 Å². The Morgan fingerprint density at radius 3 is 2.95 bits per heavy atom. The predicted molar refractivity (Wildman–Crippen MR) is 71.4 cm³/mol. The first-order valence-corrected chi connectivity index (χ1v) is 6.49. The van der Waals surface area contributed by atoms with Crippen molar-refractivity contribution in [3.05, 3.63) is 55.5 Å². The van der Waals surface area contributed by atoms with Crippen LogP contribution in [0.4, 0.5) is 5.69 Å². The first kappa shape index (κ1) is 13.4. The number of rotatable bonds is 4. The molecule has 0 saturated heterocycles. The molecular formula is C11H8ClN3O3S. The number of hydrogen-bond donors (Lipinski definition) is 1. The summed E-state index contributed by atoms with van der Waals surface area (Å²) >= 11 is 7.10. The fourth-order valence-corrected chi connectivity index (χ4v) is 2.14. The molecule has 2 rings (SSSR count). The van der Waals surface area contributed by atoms with Gasteiger partial charge in [0.25, 0.3) is 11.6 Å². The van der Waals surface area contributed by atoms with Gasteiger partial charge >= 0.3 is 0 Å². The summed E-state index contributed by atoms with van der Waals surface area (Å²) in [6.45, 7) is 0.277. The number of amides is 1. The summed E-state index contributed by atoms with van der Waals surface area (Å²) in [5.74, 6) is -0.409. The predicted octanol–water partition coefficient (Wildman–Crippen LogP) is 2.63. The molecule has 0 bridgehead atoms. The zero-order valence-electron chi connectivity index (χ0n) is 9.50. The first-order valence-electron chi connectivity index (χ1n) is 5.17. The number of carbonyl (C=O) groups is 1. The summed E-state index contributed by atoms with van der Waals surface area (Å²) in [5, 5.41) is 15.2. The van der Waals surface area contributed by atoms with E-state index in [1.54, 1.807) is 5.51 Å². The van der Waals surface area contributed by atoms with Crippen LogP contribution in [0.3, 0.4) is 0 Å². The summed E-state index contributed by atoms with van der Waals surface area (Å²) in [5.41, 5.74) is 2.30. The van der Waals surface area contributed by atoms with Crippen molar-refractivity contribution in [2.45, 2.75) is 6.54 Å². The third-order valence-corrected chi connectivity index (χ3v) is 3.27. The number of hydrogen-bond acceptors (Lipinski definition) is 5. The second-order valence-electron chi connectivity index (χ2n) is 3.59. The van der Waals surface area contributed by atoms with Gasteiger partial charge in [-0.1, -0.05) is 11.6 Å². The van der Waals surface area contributed by atoms with E-state index in [1.165, 1.54) is 23.5 Å². The molecule has 1 heterocycles. The first-order chi connectivity index (χ1) is 9.08. The maximum absolute atomic E-state index is 11.8. The van der Waals surface area contributed by atoms with Crippen LogP contribution in [0, 0.1) is 10.1 Å². The Morgan fingerprint density at radius 1 is 1.53 bits per heavy atom. The standard InChI is InChI=1S/C11H8ClN3O3S/c12-9-2-1-7(3-10(9)15(17)18)11(16)13-4-8-5-19-6-14-8/h1-3,5-6H,4H2,(H,13,16). The molecule has 1 aromatic heterocycles. The van der Waals surface area contributed by atoms with Crippen LogP contribution in [-0.4, -0.2) is 15.8 Å². The Bertz CT molecular complexity index is 616. The van der Waals surface area contributed by atoms with E-state index in [2.05, 4.69) is 10.3 Å². The molecule has 0 aliphatic rings. The molecule has 8 heteroatoms. The number of nitrogens with zero attached hydrogens (tertiary/aromatic N) is 2. The molecular weight excluding hydrogens is 290 g/mol. The number of carbonyl (C=O) groups excluding carboxylic acids is 1. The summed E-state index contributed by atoms with van der Waals surface area (Å²) < 4.78 is 0.